The predicted octanol–water partition coefficient (Wildman–Crippen LogP) is 3.67. The summed E-state index contributed by atoms with van der Waals surface area (Å²) in [7, 11) is 0. The predicted molar refractivity (Wildman–Crippen MR) is 111 cm³/mol. The van der Waals surface area contributed by atoms with Gasteiger partial charge in [0.15, 0.2) is 0 Å². The highest BCUT2D eigenvalue weighted by Gasteiger charge is 2.52. The summed E-state index contributed by atoms with van der Waals surface area (Å²) in [6.45, 7) is 5.48. The van der Waals surface area contributed by atoms with Crippen LogP contribution >= 0.6 is 23.2 Å². The number of carbonyl (C=O) groups excluding carboxylic acids is 3. The quantitative estimate of drug-likeness (QED) is 0.531. The fraction of sp³-hybridized carbons (Fsp3) is 0.333. The van der Waals surface area contributed by atoms with Gasteiger partial charge in [-0.2, -0.15) is 0 Å². The molecule has 2 heterocycles. The zero-order valence-electron chi connectivity index (χ0n) is 16.2. The van der Waals surface area contributed by atoms with Crippen molar-refractivity contribution in [1.82, 2.24) is 4.57 Å². The maximum absolute atomic E-state index is 13.0. The molecular formula is C21H20Cl2N2O4. The third-order valence-electron chi connectivity index (χ3n) is 5.04. The largest absolute Gasteiger partial charge is 0.312 e. The third-order valence-corrected chi connectivity index (χ3v) is 5.56. The third kappa shape index (κ3) is 3.74. The molecule has 6 nitrogen and oxygen atoms in total. The second kappa shape index (κ2) is 8.13. The molecule has 1 amide bonds. The summed E-state index contributed by atoms with van der Waals surface area (Å²) < 4.78 is 1.35. The summed E-state index contributed by atoms with van der Waals surface area (Å²) in [5.41, 5.74) is 0.487. The lowest BCUT2D eigenvalue weighted by Gasteiger charge is -2.28. The lowest BCUT2D eigenvalue weighted by atomic mass is 9.85. The number of halogens is 2. The Morgan fingerprint density at radius 2 is 1.72 bits per heavy atom. The maximum atomic E-state index is 13.0. The van der Waals surface area contributed by atoms with Gasteiger partial charge in [0.05, 0.1) is 11.7 Å². The number of anilines is 1. The Kier molecular flexibility index (Phi) is 5.96. The standard InChI is InChI=1S/C21H20Cl2N2O4/c1-4-24-10-14(9-15(23)20(24)28)25-17(12-5-7-13(22)8-6-12)16(18(26)11(2)3)19(27)21(25)29/h5-11,16-17H,4H2,1-3H3. The van der Waals surface area contributed by atoms with E-state index in [0.29, 0.717) is 17.1 Å². The van der Waals surface area contributed by atoms with Gasteiger partial charge in [0.25, 0.3) is 11.5 Å². The van der Waals surface area contributed by atoms with Gasteiger partial charge in [-0.3, -0.25) is 24.1 Å². The average molecular weight is 435 g/mol. The first-order valence-electron chi connectivity index (χ1n) is 9.24. The van der Waals surface area contributed by atoms with Crippen molar-refractivity contribution < 1.29 is 14.4 Å². The molecule has 1 fully saturated rings. The van der Waals surface area contributed by atoms with Crippen LogP contribution in [0.2, 0.25) is 10.0 Å². The van der Waals surface area contributed by atoms with Gasteiger partial charge in [-0.1, -0.05) is 49.2 Å². The highest BCUT2D eigenvalue weighted by atomic mass is 35.5. The molecule has 1 aliphatic rings. The number of aryl methyl sites for hydroxylation is 1. The SMILES string of the molecule is CCn1cc(N2C(=O)C(=O)C(C(=O)C(C)C)C2c2ccc(Cl)cc2)cc(Cl)c1=O. The highest BCUT2D eigenvalue weighted by Crippen LogP contribution is 2.41. The number of rotatable bonds is 5. The van der Waals surface area contributed by atoms with Gasteiger partial charge in [0, 0.05) is 23.7 Å². The number of ketones is 2. The molecule has 2 unspecified atom stereocenters. The van der Waals surface area contributed by atoms with Crippen molar-refractivity contribution in [2.75, 3.05) is 4.90 Å². The summed E-state index contributed by atoms with van der Waals surface area (Å²) in [6.07, 6.45) is 1.48. The monoisotopic (exact) mass is 434 g/mol. The first kappa shape index (κ1) is 21.3. The first-order chi connectivity index (χ1) is 13.7. The van der Waals surface area contributed by atoms with Gasteiger partial charge in [0.2, 0.25) is 5.78 Å². The van der Waals surface area contributed by atoms with Crippen molar-refractivity contribution in [2.24, 2.45) is 11.8 Å². The number of benzene rings is 1. The zero-order chi connectivity index (χ0) is 21.5. The van der Waals surface area contributed by atoms with Crippen LogP contribution in [0, 0.1) is 11.8 Å². The van der Waals surface area contributed by atoms with E-state index >= 15 is 0 Å². The first-order valence-corrected chi connectivity index (χ1v) is 9.99. The van der Waals surface area contributed by atoms with Gasteiger partial charge in [-0.25, -0.2) is 0 Å². The number of hydrogen-bond donors (Lipinski definition) is 0. The van der Waals surface area contributed by atoms with Crippen LogP contribution in [0.3, 0.4) is 0 Å². The maximum Gasteiger partial charge on any atom is 0.295 e. The van der Waals surface area contributed by atoms with Crippen molar-refractivity contribution in [1.29, 1.82) is 0 Å². The second-order valence-corrected chi connectivity index (χ2v) is 8.05. The minimum atomic E-state index is -1.15. The average Bonchev–Trinajstić information content (AvgIpc) is 2.95. The van der Waals surface area contributed by atoms with Gasteiger partial charge < -0.3 is 4.57 Å². The summed E-state index contributed by atoms with van der Waals surface area (Å²) in [5.74, 6) is -3.47. The Morgan fingerprint density at radius 3 is 2.28 bits per heavy atom. The summed E-state index contributed by atoms with van der Waals surface area (Å²) in [6, 6.07) is 7.15. The summed E-state index contributed by atoms with van der Waals surface area (Å²) in [5, 5.41) is 0.420. The number of aromatic nitrogens is 1. The minimum absolute atomic E-state index is 0.0712. The van der Waals surface area contributed by atoms with Crippen LogP contribution in [0.15, 0.2) is 41.3 Å². The van der Waals surface area contributed by atoms with Crippen LogP contribution in [0.1, 0.15) is 32.4 Å². The van der Waals surface area contributed by atoms with E-state index < -0.39 is 35.1 Å². The second-order valence-electron chi connectivity index (χ2n) is 7.21. The van der Waals surface area contributed by atoms with Crippen LogP contribution in [-0.2, 0) is 20.9 Å². The van der Waals surface area contributed by atoms with E-state index in [1.807, 2.05) is 0 Å². The molecule has 0 radical (unpaired) electrons. The van der Waals surface area contributed by atoms with Crippen LogP contribution in [0.4, 0.5) is 5.69 Å². The molecule has 2 aromatic rings. The Morgan fingerprint density at radius 1 is 1.10 bits per heavy atom. The van der Waals surface area contributed by atoms with Crippen LogP contribution in [0.25, 0.3) is 0 Å². The molecule has 0 N–H and O–H groups in total. The van der Waals surface area contributed by atoms with Crippen molar-refractivity contribution in [2.45, 2.75) is 33.4 Å². The van der Waals surface area contributed by atoms with Gasteiger partial charge >= 0.3 is 0 Å². The Labute approximate surface area is 178 Å². The molecule has 1 aromatic carbocycles. The molecule has 29 heavy (non-hydrogen) atoms. The van der Waals surface area contributed by atoms with Crippen molar-refractivity contribution >= 4 is 46.4 Å². The van der Waals surface area contributed by atoms with Crippen molar-refractivity contribution in [3.05, 3.63) is 62.5 Å². The molecule has 152 valence electrons. The molecule has 0 saturated carbocycles. The Balaban J connectivity index is 2.23. The highest BCUT2D eigenvalue weighted by molar-refractivity contribution is 6.48. The van der Waals surface area contributed by atoms with E-state index in [9.17, 15) is 19.2 Å². The number of hydrogen-bond acceptors (Lipinski definition) is 4. The fourth-order valence-electron chi connectivity index (χ4n) is 3.54. The number of Topliss-reactive ketones (excluding diaryl/α,β-unsaturated/α-hetero) is 2. The molecule has 0 bridgehead atoms. The summed E-state index contributed by atoms with van der Waals surface area (Å²) in [4.78, 5) is 52.1. The number of pyridine rings is 1. The molecular weight excluding hydrogens is 415 g/mol. The topological polar surface area (TPSA) is 76.5 Å². The van der Waals surface area contributed by atoms with Crippen molar-refractivity contribution in [3.8, 4) is 0 Å². The number of carbonyl (C=O) groups is 3. The van der Waals surface area contributed by atoms with Gasteiger partial charge in [-0.05, 0) is 30.7 Å². The Hall–Kier alpha value is -2.44. The molecule has 2 atom stereocenters. The molecule has 8 heteroatoms. The zero-order valence-corrected chi connectivity index (χ0v) is 17.7. The number of amides is 1. The molecule has 1 aromatic heterocycles. The lowest BCUT2D eigenvalue weighted by molar-refractivity contribution is -0.139. The van der Waals surface area contributed by atoms with E-state index in [1.54, 1.807) is 45.0 Å². The lowest BCUT2D eigenvalue weighted by Crippen LogP contribution is -2.33. The van der Waals surface area contributed by atoms with Crippen LogP contribution < -0.4 is 10.5 Å². The molecule has 0 aliphatic carbocycles. The van der Waals surface area contributed by atoms with Crippen molar-refractivity contribution in [3.63, 3.8) is 0 Å². The molecule has 3 rings (SSSR count). The van der Waals surface area contributed by atoms with E-state index in [2.05, 4.69) is 0 Å². The minimum Gasteiger partial charge on any atom is -0.312 e. The van der Waals surface area contributed by atoms with Crippen LogP contribution in [0.5, 0.6) is 0 Å². The molecule has 1 saturated heterocycles. The normalized spacial score (nSPS) is 19.3. The Bertz CT molecular complexity index is 1040. The molecule has 1 aliphatic heterocycles. The van der Waals surface area contributed by atoms with Gasteiger partial charge in [0.1, 0.15) is 16.7 Å². The van der Waals surface area contributed by atoms with E-state index in [1.165, 1.54) is 21.7 Å². The van der Waals surface area contributed by atoms with Gasteiger partial charge in [-0.15, -0.1) is 0 Å². The van der Waals surface area contributed by atoms with E-state index in [-0.39, 0.29) is 16.5 Å². The smallest absolute Gasteiger partial charge is 0.295 e. The number of nitrogens with zero attached hydrogens (tertiary/aromatic N) is 2. The molecule has 0 spiro atoms. The fourth-order valence-corrected chi connectivity index (χ4v) is 3.89. The van der Waals surface area contributed by atoms with Crippen LogP contribution in [-0.4, -0.2) is 22.0 Å². The van der Waals surface area contributed by atoms with E-state index in [4.69, 9.17) is 23.2 Å². The van der Waals surface area contributed by atoms with E-state index in [0.717, 1.165) is 0 Å². The summed E-state index contributed by atoms with van der Waals surface area (Å²) >= 11 is 12.1.